The Morgan fingerprint density at radius 2 is 2.14 bits per heavy atom. The molecule has 2 rings (SSSR count). The summed E-state index contributed by atoms with van der Waals surface area (Å²) < 4.78 is 5.31. The van der Waals surface area contributed by atoms with Gasteiger partial charge in [0.2, 0.25) is 0 Å². The minimum absolute atomic E-state index is 0.218. The van der Waals surface area contributed by atoms with Gasteiger partial charge in [-0.2, -0.15) is 0 Å². The van der Waals surface area contributed by atoms with E-state index in [1.165, 1.54) is 5.56 Å². The molecule has 0 aromatic heterocycles. The van der Waals surface area contributed by atoms with Crippen LogP contribution in [0.15, 0.2) is 29.3 Å². The molecule has 0 amide bonds. The topological polar surface area (TPSA) is 54.1 Å². The number of aliphatic imine (C=N–C) groups is 1. The highest BCUT2D eigenvalue weighted by Gasteiger charge is 2.27. The van der Waals surface area contributed by atoms with Crippen molar-refractivity contribution in [1.29, 1.82) is 0 Å². The highest BCUT2D eigenvalue weighted by atomic mass is 16.5. The molecule has 1 aliphatic heterocycles. The number of hydrogen-bond acceptors (Lipinski definition) is 5. The summed E-state index contributed by atoms with van der Waals surface area (Å²) in [5.41, 5.74) is 7.28. The van der Waals surface area contributed by atoms with E-state index in [4.69, 9.17) is 10.5 Å². The lowest BCUT2D eigenvalue weighted by atomic mass is 10.1. The molecule has 1 unspecified atom stereocenters. The van der Waals surface area contributed by atoms with Gasteiger partial charge in [-0.3, -0.25) is 4.99 Å². The molecule has 1 heterocycles. The fourth-order valence-corrected chi connectivity index (χ4v) is 2.72. The number of ether oxygens (including phenoxy) is 1. The van der Waals surface area contributed by atoms with Crippen LogP contribution in [0, 0.1) is 0 Å². The fraction of sp³-hybridized carbons (Fsp3) is 0.562. The normalized spacial score (nSPS) is 18.2. The standard InChI is InChI=1S/C16H26N4O/c1-4-19(5-2)9-10-20-15(12-18-16(20)17)13-7-6-8-14(11-13)21-3/h6-8,11,15H,4-5,9-10,12H2,1-3H3,(H2,17,18). The zero-order chi connectivity index (χ0) is 15.2. The zero-order valence-corrected chi connectivity index (χ0v) is 13.2. The molecule has 0 aliphatic carbocycles. The van der Waals surface area contributed by atoms with E-state index in [2.05, 4.69) is 40.8 Å². The Kier molecular flexibility index (Phi) is 5.44. The van der Waals surface area contributed by atoms with Crippen LogP contribution < -0.4 is 10.5 Å². The third-order valence-corrected chi connectivity index (χ3v) is 4.13. The number of likely N-dealkylation sites (N-methyl/N-ethyl adjacent to an activating group) is 1. The maximum absolute atomic E-state index is 6.07. The predicted octanol–water partition coefficient (Wildman–Crippen LogP) is 1.71. The summed E-state index contributed by atoms with van der Waals surface area (Å²) in [7, 11) is 1.69. The van der Waals surface area contributed by atoms with Gasteiger partial charge in [-0.15, -0.1) is 0 Å². The van der Waals surface area contributed by atoms with Crippen molar-refractivity contribution < 1.29 is 4.74 Å². The molecular weight excluding hydrogens is 264 g/mol. The average Bonchev–Trinajstić information content (AvgIpc) is 2.89. The fourth-order valence-electron chi connectivity index (χ4n) is 2.72. The van der Waals surface area contributed by atoms with Crippen LogP contribution in [0.4, 0.5) is 0 Å². The van der Waals surface area contributed by atoms with Gasteiger partial charge in [0.05, 0.1) is 19.7 Å². The number of guanidine groups is 1. The Balaban J connectivity index is 2.08. The molecule has 5 nitrogen and oxygen atoms in total. The summed E-state index contributed by atoms with van der Waals surface area (Å²) in [6.45, 7) is 9.12. The molecule has 0 spiro atoms. The van der Waals surface area contributed by atoms with E-state index in [0.29, 0.717) is 5.96 Å². The Labute approximate surface area is 127 Å². The lowest BCUT2D eigenvalue weighted by molar-refractivity contribution is 0.248. The van der Waals surface area contributed by atoms with Gasteiger partial charge in [0.15, 0.2) is 5.96 Å². The Hall–Kier alpha value is -1.75. The van der Waals surface area contributed by atoms with Gasteiger partial charge in [0.25, 0.3) is 0 Å². The summed E-state index contributed by atoms with van der Waals surface area (Å²) in [4.78, 5) is 9.02. The number of nitrogens with zero attached hydrogens (tertiary/aromatic N) is 3. The van der Waals surface area contributed by atoms with E-state index in [1.807, 2.05) is 12.1 Å². The smallest absolute Gasteiger partial charge is 0.191 e. The van der Waals surface area contributed by atoms with Gasteiger partial charge in [-0.1, -0.05) is 26.0 Å². The van der Waals surface area contributed by atoms with Crippen LogP contribution >= 0.6 is 0 Å². The van der Waals surface area contributed by atoms with Gasteiger partial charge < -0.3 is 20.3 Å². The minimum atomic E-state index is 0.218. The molecular formula is C16H26N4O. The molecule has 0 bridgehead atoms. The Morgan fingerprint density at radius 1 is 1.38 bits per heavy atom. The van der Waals surface area contributed by atoms with Gasteiger partial charge in [0, 0.05) is 13.1 Å². The maximum atomic E-state index is 6.07. The summed E-state index contributed by atoms with van der Waals surface area (Å²) in [5, 5.41) is 0. The van der Waals surface area contributed by atoms with E-state index >= 15 is 0 Å². The Morgan fingerprint density at radius 3 is 2.81 bits per heavy atom. The molecule has 0 radical (unpaired) electrons. The van der Waals surface area contributed by atoms with Crippen molar-refractivity contribution in [3.05, 3.63) is 29.8 Å². The second kappa shape index (κ2) is 7.31. The van der Waals surface area contributed by atoms with E-state index in [0.717, 1.165) is 38.5 Å². The maximum Gasteiger partial charge on any atom is 0.191 e. The summed E-state index contributed by atoms with van der Waals surface area (Å²) in [5.74, 6) is 1.52. The SMILES string of the molecule is CCN(CC)CCN1C(N)=NCC1c1cccc(OC)c1. The molecule has 0 saturated heterocycles. The molecule has 1 atom stereocenters. The number of hydrogen-bond donors (Lipinski definition) is 1. The van der Waals surface area contributed by atoms with E-state index in [9.17, 15) is 0 Å². The van der Waals surface area contributed by atoms with Crippen molar-refractivity contribution in [2.45, 2.75) is 19.9 Å². The predicted molar refractivity (Wildman–Crippen MR) is 86.7 cm³/mol. The van der Waals surface area contributed by atoms with Crippen LogP contribution in [0.2, 0.25) is 0 Å². The van der Waals surface area contributed by atoms with E-state index < -0.39 is 0 Å². The summed E-state index contributed by atoms with van der Waals surface area (Å²) in [6, 6.07) is 8.39. The molecule has 5 heteroatoms. The van der Waals surface area contributed by atoms with Crippen molar-refractivity contribution in [3.63, 3.8) is 0 Å². The average molecular weight is 290 g/mol. The van der Waals surface area contributed by atoms with Crippen molar-refractivity contribution >= 4 is 5.96 Å². The second-order valence-electron chi connectivity index (χ2n) is 5.21. The van der Waals surface area contributed by atoms with Gasteiger partial charge >= 0.3 is 0 Å². The molecule has 1 aromatic carbocycles. The molecule has 2 N–H and O–H groups in total. The van der Waals surface area contributed by atoms with Crippen LogP contribution in [0.1, 0.15) is 25.5 Å². The number of nitrogens with two attached hydrogens (primary N) is 1. The molecule has 0 saturated carbocycles. The van der Waals surface area contributed by atoms with E-state index in [1.54, 1.807) is 7.11 Å². The third-order valence-electron chi connectivity index (χ3n) is 4.13. The first-order valence-electron chi connectivity index (χ1n) is 7.62. The molecule has 1 aromatic rings. The van der Waals surface area contributed by atoms with Crippen LogP contribution in [-0.2, 0) is 0 Å². The quantitative estimate of drug-likeness (QED) is 0.830. The highest BCUT2D eigenvalue weighted by Crippen LogP contribution is 2.27. The molecule has 1 aliphatic rings. The lowest BCUT2D eigenvalue weighted by Gasteiger charge is -2.29. The van der Waals surface area contributed by atoms with Crippen molar-refractivity contribution in [2.24, 2.45) is 10.7 Å². The minimum Gasteiger partial charge on any atom is -0.497 e. The van der Waals surface area contributed by atoms with Crippen molar-refractivity contribution in [2.75, 3.05) is 39.8 Å². The van der Waals surface area contributed by atoms with Crippen molar-refractivity contribution in [1.82, 2.24) is 9.80 Å². The van der Waals surface area contributed by atoms with Crippen LogP contribution in [0.25, 0.3) is 0 Å². The first kappa shape index (κ1) is 15.6. The third kappa shape index (κ3) is 3.67. The highest BCUT2D eigenvalue weighted by molar-refractivity contribution is 5.80. The van der Waals surface area contributed by atoms with Gasteiger partial charge in [-0.25, -0.2) is 0 Å². The molecule has 21 heavy (non-hydrogen) atoms. The van der Waals surface area contributed by atoms with Gasteiger partial charge in [0.1, 0.15) is 5.75 Å². The van der Waals surface area contributed by atoms with Crippen molar-refractivity contribution in [3.8, 4) is 5.75 Å². The van der Waals surface area contributed by atoms with Crippen LogP contribution in [0.3, 0.4) is 0 Å². The lowest BCUT2D eigenvalue weighted by Crippen LogP contribution is -2.41. The first-order valence-corrected chi connectivity index (χ1v) is 7.62. The Bertz CT molecular complexity index is 485. The summed E-state index contributed by atoms with van der Waals surface area (Å²) >= 11 is 0. The number of methoxy groups -OCH3 is 1. The summed E-state index contributed by atoms with van der Waals surface area (Å²) in [6.07, 6.45) is 0. The second-order valence-corrected chi connectivity index (χ2v) is 5.21. The van der Waals surface area contributed by atoms with Crippen LogP contribution in [-0.4, -0.2) is 55.6 Å². The van der Waals surface area contributed by atoms with Crippen LogP contribution in [0.5, 0.6) is 5.75 Å². The number of rotatable bonds is 7. The zero-order valence-electron chi connectivity index (χ0n) is 13.2. The molecule has 0 fully saturated rings. The largest absolute Gasteiger partial charge is 0.497 e. The number of benzene rings is 1. The monoisotopic (exact) mass is 290 g/mol. The molecule has 116 valence electrons. The first-order chi connectivity index (χ1) is 10.2. The van der Waals surface area contributed by atoms with Gasteiger partial charge in [-0.05, 0) is 30.8 Å². The van der Waals surface area contributed by atoms with E-state index in [-0.39, 0.29) is 6.04 Å².